The maximum atomic E-state index is 12.1. The highest BCUT2D eigenvalue weighted by atomic mass is 16.5. The highest BCUT2D eigenvalue weighted by Gasteiger charge is 2.25. The second-order valence-electron chi connectivity index (χ2n) is 3.96. The van der Waals surface area contributed by atoms with Crippen LogP contribution in [0.15, 0.2) is 12.4 Å². The molecule has 1 aliphatic heterocycles. The van der Waals surface area contributed by atoms with Crippen LogP contribution in [-0.2, 0) is 4.74 Å². The van der Waals surface area contributed by atoms with Crippen LogP contribution >= 0.6 is 0 Å². The standard InChI is InChI=1S/C11H16N4O3/c1-12-10-5-13-9(4-14-10)11(17)15-2-3-18-8(6-15)7-16/h4-5,8,16H,2-3,6-7H2,1H3,(H,12,14). The van der Waals surface area contributed by atoms with Crippen molar-refractivity contribution < 1.29 is 14.6 Å². The number of ether oxygens (including phenoxy) is 1. The number of carbonyl (C=O) groups excluding carboxylic acids is 1. The van der Waals surface area contributed by atoms with Gasteiger partial charge in [0.1, 0.15) is 11.5 Å². The molecule has 2 rings (SSSR count). The lowest BCUT2D eigenvalue weighted by atomic mass is 10.2. The van der Waals surface area contributed by atoms with Crippen LogP contribution in [0, 0.1) is 0 Å². The number of hydrogen-bond acceptors (Lipinski definition) is 6. The first-order valence-corrected chi connectivity index (χ1v) is 5.76. The molecule has 0 aliphatic carbocycles. The average Bonchev–Trinajstić information content (AvgIpc) is 2.46. The molecule has 0 radical (unpaired) electrons. The molecule has 1 saturated heterocycles. The minimum Gasteiger partial charge on any atom is -0.394 e. The molecule has 18 heavy (non-hydrogen) atoms. The monoisotopic (exact) mass is 252 g/mol. The van der Waals surface area contributed by atoms with Crippen molar-refractivity contribution in [3.63, 3.8) is 0 Å². The summed E-state index contributed by atoms with van der Waals surface area (Å²) in [5.74, 6) is 0.425. The quantitative estimate of drug-likeness (QED) is 0.743. The van der Waals surface area contributed by atoms with Crippen molar-refractivity contribution in [2.45, 2.75) is 6.10 Å². The van der Waals surface area contributed by atoms with Crippen molar-refractivity contribution in [1.29, 1.82) is 0 Å². The number of rotatable bonds is 3. The highest BCUT2D eigenvalue weighted by Crippen LogP contribution is 2.09. The number of carbonyl (C=O) groups is 1. The summed E-state index contributed by atoms with van der Waals surface area (Å²) in [6.45, 7) is 1.22. The van der Waals surface area contributed by atoms with Crippen molar-refractivity contribution in [3.8, 4) is 0 Å². The van der Waals surface area contributed by atoms with Crippen molar-refractivity contribution >= 4 is 11.7 Å². The van der Waals surface area contributed by atoms with Gasteiger partial charge in [0.25, 0.3) is 5.91 Å². The first kappa shape index (κ1) is 12.7. The van der Waals surface area contributed by atoms with Crippen LogP contribution in [-0.4, -0.2) is 65.3 Å². The van der Waals surface area contributed by atoms with Crippen LogP contribution in [0.5, 0.6) is 0 Å². The molecular weight excluding hydrogens is 236 g/mol. The lowest BCUT2D eigenvalue weighted by Gasteiger charge is -2.31. The Morgan fingerprint density at radius 3 is 3.06 bits per heavy atom. The summed E-state index contributed by atoms with van der Waals surface area (Å²) in [7, 11) is 1.74. The molecule has 1 aromatic rings. The van der Waals surface area contributed by atoms with E-state index in [4.69, 9.17) is 9.84 Å². The van der Waals surface area contributed by atoms with Gasteiger partial charge < -0.3 is 20.1 Å². The number of nitrogens with one attached hydrogen (secondary N) is 1. The predicted molar refractivity (Wildman–Crippen MR) is 64.3 cm³/mol. The van der Waals surface area contributed by atoms with Gasteiger partial charge in [-0.1, -0.05) is 0 Å². The molecule has 1 atom stereocenters. The Morgan fingerprint density at radius 1 is 1.61 bits per heavy atom. The number of amides is 1. The second-order valence-corrected chi connectivity index (χ2v) is 3.96. The van der Waals surface area contributed by atoms with Gasteiger partial charge in [0.05, 0.1) is 31.7 Å². The summed E-state index contributed by atoms with van der Waals surface area (Å²) in [6, 6.07) is 0. The maximum absolute atomic E-state index is 12.1. The van der Waals surface area contributed by atoms with E-state index in [2.05, 4.69) is 15.3 Å². The molecular formula is C11H16N4O3. The zero-order valence-electron chi connectivity index (χ0n) is 10.2. The molecule has 1 aromatic heterocycles. The third-order valence-corrected chi connectivity index (χ3v) is 2.76. The van der Waals surface area contributed by atoms with E-state index in [9.17, 15) is 4.79 Å². The lowest BCUT2D eigenvalue weighted by molar-refractivity contribution is -0.0448. The Hall–Kier alpha value is -1.73. The molecule has 7 nitrogen and oxygen atoms in total. The Bertz CT molecular complexity index is 409. The molecule has 2 heterocycles. The topological polar surface area (TPSA) is 87.6 Å². The number of nitrogens with zero attached hydrogens (tertiary/aromatic N) is 3. The summed E-state index contributed by atoms with van der Waals surface area (Å²) in [6.07, 6.45) is 2.64. The van der Waals surface area contributed by atoms with Crippen LogP contribution < -0.4 is 5.32 Å². The fraction of sp³-hybridized carbons (Fsp3) is 0.545. The van der Waals surface area contributed by atoms with Gasteiger partial charge in [-0.3, -0.25) is 4.79 Å². The van der Waals surface area contributed by atoms with Gasteiger partial charge in [-0.15, -0.1) is 0 Å². The molecule has 7 heteroatoms. The van der Waals surface area contributed by atoms with E-state index in [1.807, 2.05) is 0 Å². The summed E-state index contributed by atoms with van der Waals surface area (Å²) >= 11 is 0. The van der Waals surface area contributed by atoms with Gasteiger partial charge >= 0.3 is 0 Å². The number of hydrogen-bond donors (Lipinski definition) is 2. The fourth-order valence-electron chi connectivity index (χ4n) is 1.74. The van der Waals surface area contributed by atoms with Crippen molar-refractivity contribution in [2.24, 2.45) is 0 Å². The van der Waals surface area contributed by atoms with E-state index in [0.29, 0.717) is 31.2 Å². The minimum atomic E-state index is -0.313. The van der Waals surface area contributed by atoms with Gasteiger partial charge in [0.15, 0.2) is 0 Å². The van der Waals surface area contributed by atoms with Gasteiger partial charge in [-0.25, -0.2) is 9.97 Å². The third-order valence-electron chi connectivity index (χ3n) is 2.76. The third kappa shape index (κ3) is 2.74. The van der Waals surface area contributed by atoms with Crippen LogP contribution in [0.25, 0.3) is 0 Å². The summed E-state index contributed by atoms with van der Waals surface area (Å²) < 4.78 is 5.29. The van der Waals surface area contributed by atoms with Gasteiger partial charge in [-0.2, -0.15) is 0 Å². The van der Waals surface area contributed by atoms with E-state index >= 15 is 0 Å². The van der Waals surface area contributed by atoms with Crippen LogP contribution in [0.1, 0.15) is 10.5 Å². The fourth-order valence-corrected chi connectivity index (χ4v) is 1.74. The van der Waals surface area contributed by atoms with Gasteiger partial charge in [-0.05, 0) is 0 Å². The Morgan fingerprint density at radius 2 is 2.44 bits per heavy atom. The van der Waals surface area contributed by atoms with Crippen molar-refractivity contribution in [2.75, 3.05) is 38.7 Å². The summed E-state index contributed by atoms with van der Waals surface area (Å²) in [5, 5.41) is 11.9. The minimum absolute atomic E-state index is 0.0891. The number of anilines is 1. The molecule has 1 aliphatic rings. The number of aliphatic hydroxyl groups is 1. The van der Waals surface area contributed by atoms with Crippen LogP contribution in [0.4, 0.5) is 5.82 Å². The SMILES string of the molecule is CNc1cnc(C(=O)N2CCOC(CO)C2)cn1. The van der Waals surface area contributed by atoms with Gasteiger partial charge in [0.2, 0.25) is 0 Å². The molecule has 1 unspecified atom stereocenters. The highest BCUT2D eigenvalue weighted by molar-refractivity contribution is 5.92. The van der Waals surface area contributed by atoms with Gasteiger partial charge in [0, 0.05) is 20.1 Å². The Labute approximate surface area is 105 Å². The van der Waals surface area contributed by atoms with E-state index in [1.165, 1.54) is 12.4 Å². The first-order valence-electron chi connectivity index (χ1n) is 5.76. The second kappa shape index (κ2) is 5.74. The number of aliphatic hydroxyl groups excluding tert-OH is 1. The normalized spacial score (nSPS) is 19.7. The molecule has 1 amide bonds. The first-order chi connectivity index (χ1) is 8.74. The zero-order chi connectivity index (χ0) is 13.0. The Balaban J connectivity index is 2.05. The smallest absolute Gasteiger partial charge is 0.274 e. The maximum Gasteiger partial charge on any atom is 0.274 e. The summed E-state index contributed by atoms with van der Waals surface area (Å²) in [4.78, 5) is 21.9. The molecule has 0 spiro atoms. The van der Waals surface area contributed by atoms with Crippen molar-refractivity contribution in [3.05, 3.63) is 18.1 Å². The van der Waals surface area contributed by atoms with E-state index < -0.39 is 0 Å². The molecule has 2 N–H and O–H groups in total. The van der Waals surface area contributed by atoms with E-state index in [-0.39, 0.29) is 18.6 Å². The Kier molecular flexibility index (Phi) is 4.06. The lowest BCUT2D eigenvalue weighted by Crippen LogP contribution is -2.47. The molecule has 1 fully saturated rings. The predicted octanol–water partition coefficient (Wildman–Crippen LogP) is -0.648. The molecule has 0 saturated carbocycles. The zero-order valence-corrected chi connectivity index (χ0v) is 10.2. The molecule has 0 bridgehead atoms. The molecule has 0 aromatic carbocycles. The van der Waals surface area contributed by atoms with E-state index in [1.54, 1.807) is 11.9 Å². The largest absolute Gasteiger partial charge is 0.394 e. The van der Waals surface area contributed by atoms with E-state index in [0.717, 1.165) is 0 Å². The molecule has 98 valence electrons. The number of morpholine rings is 1. The summed E-state index contributed by atoms with van der Waals surface area (Å²) in [5.41, 5.74) is 0.299. The van der Waals surface area contributed by atoms with Crippen LogP contribution in [0.2, 0.25) is 0 Å². The van der Waals surface area contributed by atoms with Crippen LogP contribution in [0.3, 0.4) is 0 Å². The van der Waals surface area contributed by atoms with Crippen molar-refractivity contribution in [1.82, 2.24) is 14.9 Å². The average molecular weight is 252 g/mol. The number of aromatic nitrogens is 2.